The van der Waals surface area contributed by atoms with Gasteiger partial charge in [0.05, 0.1) is 5.92 Å². The van der Waals surface area contributed by atoms with E-state index in [0.717, 1.165) is 38.5 Å². The lowest BCUT2D eigenvalue weighted by Gasteiger charge is -2.23. The summed E-state index contributed by atoms with van der Waals surface area (Å²) in [7, 11) is 0. The average molecular weight is 266 g/mol. The van der Waals surface area contributed by atoms with Crippen molar-refractivity contribution in [1.29, 1.82) is 0 Å². The van der Waals surface area contributed by atoms with E-state index in [0.29, 0.717) is 11.8 Å². The standard InChI is InChI=1S/C16H26O3/c1-3-13-14-8-7-12(10-17)6-4-5-11(2)9-15(14)19-16(13)18/h9,12-15,17H,3-8,10H2,1-2H3/b11-9+/t12?,13-,14-,15+/m0/s1. The van der Waals surface area contributed by atoms with Crippen molar-refractivity contribution in [3.63, 3.8) is 0 Å². The van der Waals surface area contributed by atoms with E-state index in [-0.39, 0.29) is 24.6 Å². The molecular formula is C16H26O3. The van der Waals surface area contributed by atoms with Gasteiger partial charge in [-0.05, 0) is 57.4 Å². The highest BCUT2D eigenvalue weighted by Gasteiger charge is 2.42. The molecule has 4 atom stereocenters. The second-order valence-electron chi connectivity index (χ2n) is 6.11. The Morgan fingerprint density at radius 1 is 1.37 bits per heavy atom. The van der Waals surface area contributed by atoms with E-state index >= 15 is 0 Å². The highest BCUT2D eigenvalue weighted by atomic mass is 16.6. The molecule has 2 aliphatic rings. The van der Waals surface area contributed by atoms with Crippen LogP contribution in [0.1, 0.15) is 52.4 Å². The molecule has 1 fully saturated rings. The van der Waals surface area contributed by atoms with Crippen molar-refractivity contribution >= 4 is 5.97 Å². The predicted octanol–water partition coefficient (Wildman–Crippen LogP) is 3.07. The second kappa shape index (κ2) is 6.56. The molecule has 0 aromatic heterocycles. The van der Waals surface area contributed by atoms with Gasteiger partial charge in [0.25, 0.3) is 0 Å². The third kappa shape index (κ3) is 3.38. The largest absolute Gasteiger partial charge is 0.458 e. The minimum atomic E-state index is -0.0325. The van der Waals surface area contributed by atoms with E-state index in [2.05, 4.69) is 19.9 Å². The summed E-state index contributed by atoms with van der Waals surface area (Å²) in [5.41, 5.74) is 1.32. The van der Waals surface area contributed by atoms with Crippen LogP contribution in [0.4, 0.5) is 0 Å². The van der Waals surface area contributed by atoms with Gasteiger partial charge in [0.2, 0.25) is 0 Å². The van der Waals surface area contributed by atoms with Gasteiger partial charge in [-0.3, -0.25) is 4.79 Å². The second-order valence-corrected chi connectivity index (χ2v) is 6.11. The Balaban J connectivity index is 2.17. The SMILES string of the molecule is CC[C@@H]1C(=O)O[C@@H]2/C=C(\C)CCCC(CO)CC[C@@H]12. The number of hydrogen-bond acceptors (Lipinski definition) is 3. The Morgan fingerprint density at radius 2 is 2.16 bits per heavy atom. The molecule has 108 valence electrons. The van der Waals surface area contributed by atoms with Crippen molar-refractivity contribution in [1.82, 2.24) is 0 Å². The monoisotopic (exact) mass is 266 g/mol. The maximum atomic E-state index is 11.9. The summed E-state index contributed by atoms with van der Waals surface area (Å²) in [6.45, 7) is 4.46. The molecule has 1 aliphatic carbocycles. The number of fused-ring (bicyclic) bond motifs is 1. The smallest absolute Gasteiger partial charge is 0.309 e. The molecule has 2 rings (SSSR count). The van der Waals surface area contributed by atoms with Crippen LogP contribution in [0.3, 0.4) is 0 Å². The van der Waals surface area contributed by atoms with Crippen molar-refractivity contribution in [2.75, 3.05) is 6.61 Å². The summed E-state index contributed by atoms with van der Waals surface area (Å²) >= 11 is 0. The Hall–Kier alpha value is -0.830. The van der Waals surface area contributed by atoms with Gasteiger partial charge in [-0.1, -0.05) is 12.5 Å². The molecule has 0 aromatic rings. The summed E-state index contributed by atoms with van der Waals surface area (Å²) < 4.78 is 5.56. The number of aliphatic hydroxyl groups is 1. The molecule has 19 heavy (non-hydrogen) atoms. The lowest BCUT2D eigenvalue weighted by atomic mass is 9.80. The Labute approximate surface area is 116 Å². The van der Waals surface area contributed by atoms with Crippen LogP contribution in [0.5, 0.6) is 0 Å². The molecule has 1 saturated heterocycles. The molecule has 3 heteroatoms. The number of hydrogen-bond donors (Lipinski definition) is 1. The van der Waals surface area contributed by atoms with Crippen molar-refractivity contribution in [3.05, 3.63) is 11.6 Å². The molecule has 1 heterocycles. The number of carbonyl (C=O) groups excluding carboxylic acids is 1. The van der Waals surface area contributed by atoms with Gasteiger partial charge in [0, 0.05) is 12.5 Å². The number of aliphatic hydroxyl groups excluding tert-OH is 1. The number of rotatable bonds is 2. The highest BCUT2D eigenvalue weighted by molar-refractivity contribution is 5.75. The molecule has 3 nitrogen and oxygen atoms in total. The number of ether oxygens (including phenoxy) is 1. The minimum absolute atomic E-state index is 0.0265. The molecule has 0 spiro atoms. The fourth-order valence-electron chi connectivity index (χ4n) is 3.49. The van der Waals surface area contributed by atoms with Crippen molar-refractivity contribution in [3.8, 4) is 0 Å². The first-order valence-corrected chi connectivity index (χ1v) is 7.64. The molecule has 0 radical (unpaired) electrons. The van der Waals surface area contributed by atoms with Gasteiger partial charge in [0.1, 0.15) is 6.10 Å². The van der Waals surface area contributed by atoms with Crippen molar-refractivity contribution < 1.29 is 14.6 Å². The molecule has 0 saturated carbocycles. The summed E-state index contributed by atoms with van der Waals surface area (Å²) in [5, 5.41) is 9.44. The van der Waals surface area contributed by atoms with Crippen LogP contribution in [0.2, 0.25) is 0 Å². The number of esters is 1. The number of allylic oxidation sites excluding steroid dienone is 1. The normalized spacial score (nSPS) is 39.1. The van der Waals surface area contributed by atoms with Crippen molar-refractivity contribution in [2.24, 2.45) is 17.8 Å². The fraction of sp³-hybridized carbons (Fsp3) is 0.812. The molecule has 0 bridgehead atoms. The Morgan fingerprint density at radius 3 is 2.84 bits per heavy atom. The van der Waals surface area contributed by atoms with Crippen LogP contribution in [-0.2, 0) is 9.53 Å². The van der Waals surface area contributed by atoms with E-state index in [1.54, 1.807) is 0 Å². The van der Waals surface area contributed by atoms with Gasteiger partial charge < -0.3 is 9.84 Å². The summed E-state index contributed by atoms with van der Waals surface area (Å²) in [4.78, 5) is 11.9. The topological polar surface area (TPSA) is 46.5 Å². The Kier molecular flexibility index (Phi) is 5.03. The third-order valence-electron chi connectivity index (χ3n) is 4.73. The summed E-state index contributed by atoms with van der Waals surface area (Å²) in [6.07, 6.45) is 8.25. The quantitative estimate of drug-likeness (QED) is 0.617. The third-order valence-corrected chi connectivity index (χ3v) is 4.73. The minimum Gasteiger partial charge on any atom is -0.458 e. The van der Waals surface area contributed by atoms with Gasteiger partial charge in [-0.25, -0.2) is 0 Å². The van der Waals surface area contributed by atoms with Crippen LogP contribution < -0.4 is 0 Å². The molecular weight excluding hydrogens is 240 g/mol. The first-order chi connectivity index (χ1) is 9.15. The van der Waals surface area contributed by atoms with Crippen LogP contribution in [0, 0.1) is 17.8 Å². The zero-order valence-electron chi connectivity index (χ0n) is 12.1. The van der Waals surface area contributed by atoms with E-state index in [9.17, 15) is 9.90 Å². The van der Waals surface area contributed by atoms with Gasteiger partial charge >= 0.3 is 5.97 Å². The lowest BCUT2D eigenvalue weighted by molar-refractivity contribution is -0.143. The predicted molar refractivity (Wildman–Crippen MR) is 74.6 cm³/mol. The maximum Gasteiger partial charge on any atom is 0.309 e. The van der Waals surface area contributed by atoms with Crippen LogP contribution >= 0.6 is 0 Å². The van der Waals surface area contributed by atoms with E-state index in [1.165, 1.54) is 5.57 Å². The first-order valence-electron chi connectivity index (χ1n) is 7.64. The fourth-order valence-corrected chi connectivity index (χ4v) is 3.49. The zero-order valence-corrected chi connectivity index (χ0v) is 12.1. The van der Waals surface area contributed by atoms with Crippen LogP contribution in [-0.4, -0.2) is 23.8 Å². The van der Waals surface area contributed by atoms with Crippen LogP contribution in [0.15, 0.2) is 11.6 Å². The molecule has 1 N–H and O–H groups in total. The van der Waals surface area contributed by atoms with E-state index < -0.39 is 0 Å². The van der Waals surface area contributed by atoms with E-state index in [1.807, 2.05) is 0 Å². The van der Waals surface area contributed by atoms with Gasteiger partial charge in [0.15, 0.2) is 0 Å². The zero-order chi connectivity index (χ0) is 13.8. The first kappa shape index (κ1) is 14.6. The van der Waals surface area contributed by atoms with Crippen molar-refractivity contribution in [2.45, 2.75) is 58.5 Å². The van der Waals surface area contributed by atoms with Gasteiger partial charge in [-0.15, -0.1) is 0 Å². The Bertz CT molecular complexity index is 348. The summed E-state index contributed by atoms with van der Waals surface area (Å²) in [6, 6.07) is 0. The molecule has 1 unspecified atom stereocenters. The lowest BCUT2D eigenvalue weighted by Crippen LogP contribution is -2.22. The number of carbonyl (C=O) groups is 1. The van der Waals surface area contributed by atoms with Crippen LogP contribution in [0.25, 0.3) is 0 Å². The van der Waals surface area contributed by atoms with Gasteiger partial charge in [-0.2, -0.15) is 0 Å². The average Bonchev–Trinajstić information content (AvgIpc) is 2.68. The molecule has 0 amide bonds. The highest BCUT2D eigenvalue weighted by Crippen LogP contribution is 2.37. The van der Waals surface area contributed by atoms with E-state index in [4.69, 9.17) is 4.74 Å². The maximum absolute atomic E-state index is 11.9. The molecule has 0 aromatic carbocycles. The summed E-state index contributed by atoms with van der Waals surface area (Å²) in [5.74, 6) is 0.716. The molecule has 1 aliphatic heterocycles.